The number of thioether (sulfide) groups is 1. The number of amides is 2. The molecule has 130 valence electrons. The van der Waals surface area contributed by atoms with Crippen molar-refractivity contribution in [3.63, 3.8) is 0 Å². The molecule has 2 atom stereocenters. The molecule has 0 spiro atoms. The predicted molar refractivity (Wildman–Crippen MR) is 85.8 cm³/mol. The Kier molecular flexibility index (Phi) is 6.86. The van der Waals surface area contributed by atoms with Gasteiger partial charge in [-0.2, -0.15) is 0 Å². The Labute approximate surface area is 139 Å². The largest absolute Gasteiger partial charge is 0.444 e. The average Bonchev–Trinajstić information content (AvgIpc) is 2.88. The Morgan fingerprint density at radius 2 is 2.04 bits per heavy atom. The van der Waals surface area contributed by atoms with Crippen LogP contribution in [-0.2, 0) is 9.53 Å². The Balaban J connectivity index is 2.82. The van der Waals surface area contributed by atoms with Crippen molar-refractivity contribution in [1.82, 2.24) is 15.5 Å². The Bertz CT molecular complexity index is 541. The molecular formula is C14H24N4O4S. The van der Waals surface area contributed by atoms with Crippen molar-refractivity contribution >= 4 is 23.8 Å². The van der Waals surface area contributed by atoms with E-state index in [-0.39, 0.29) is 22.8 Å². The SMILES string of the molecule is CCC(C)C(NC(=O)OC(C)(C)C)c1nnc(SCC(N)=O)o1. The number of hydrogen-bond donors (Lipinski definition) is 2. The van der Waals surface area contributed by atoms with Crippen LogP contribution >= 0.6 is 11.8 Å². The van der Waals surface area contributed by atoms with Crippen LogP contribution in [0.2, 0.25) is 0 Å². The molecule has 0 aromatic carbocycles. The van der Waals surface area contributed by atoms with Crippen LogP contribution in [0.25, 0.3) is 0 Å². The molecule has 3 N–H and O–H groups in total. The van der Waals surface area contributed by atoms with Gasteiger partial charge in [-0.3, -0.25) is 4.79 Å². The van der Waals surface area contributed by atoms with Crippen LogP contribution in [0.3, 0.4) is 0 Å². The third-order valence-corrected chi connectivity index (χ3v) is 3.75. The highest BCUT2D eigenvalue weighted by Gasteiger charge is 2.28. The van der Waals surface area contributed by atoms with Crippen molar-refractivity contribution in [3.8, 4) is 0 Å². The summed E-state index contributed by atoms with van der Waals surface area (Å²) in [5.74, 6) is -0.0796. The average molecular weight is 344 g/mol. The number of alkyl carbamates (subject to hydrolysis) is 1. The summed E-state index contributed by atoms with van der Waals surface area (Å²) in [6, 6.07) is -0.467. The molecule has 0 saturated heterocycles. The molecule has 0 fully saturated rings. The number of aromatic nitrogens is 2. The number of nitrogens with one attached hydrogen (secondary N) is 1. The van der Waals surface area contributed by atoms with E-state index in [1.165, 1.54) is 0 Å². The van der Waals surface area contributed by atoms with Gasteiger partial charge in [-0.15, -0.1) is 10.2 Å². The second-order valence-corrected chi connectivity index (χ2v) is 7.10. The third kappa shape index (κ3) is 6.89. The molecule has 2 unspecified atom stereocenters. The zero-order valence-electron chi connectivity index (χ0n) is 14.1. The van der Waals surface area contributed by atoms with Crippen LogP contribution < -0.4 is 11.1 Å². The van der Waals surface area contributed by atoms with Crippen LogP contribution in [-0.4, -0.2) is 33.6 Å². The second kappa shape index (κ2) is 8.19. The second-order valence-electron chi connectivity index (χ2n) is 6.17. The molecule has 0 bridgehead atoms. The molecular weight excluding hydrogens is 320 g/mol. The first-order valence-electron chi connectivity index (χ1n) is 7.36. The van der Waals surface area contributed by atoms with E-state index in [2.05, 4.69) is 15.5 Å². The minimum atomic E-state index is -0.596. The lowest BCUT2D eigenvalue weighted by Crippen LogP contribution is -2.37. The number of primary amides is 1. The first-order valence-corrected chi connectivity index (χ1v) is 8.35. The highest BCUT2D eigenvalue weighted by molar-refractivity contribution is 7.99. The Morgan fingerprint density at radius 1 is 1.39 bits per heavy atom. The van der Waals surface area contributed by atoms with Gasteiger partial charge >= 0.3 is 6.09 Å². The molecule has 1 aromatic rings. The monoisotopic (exact) mass is 344 g/mol. The number of carbonyl (C=O) groups is 2. The van der Waals surface area contributed by atoms with Crippen molar-refractivity contribution in [3.05, 3.63) is 5.89 Å². The number of ether oxygens (including phenoxy) is 1. The first kappa shape index (κ1) is 19.3. The van der Waals surface area contributed by atoms with Crippen LogP contribution in [0.15, 0.2) is 9.64 Å². The molecule has 0 radical (unpaired) electrons. The maximum Gasteiger partial charge on any atom is 0.408 e. The number of hydrogen-bond acceptors (Lipinski definition) is 7. The zero-order valence-corrected chi connectivity index (χ0v) is 14.9. The lowest BCUT2D eigenvalue weighted by atomic mass is 9.99. The van der Waals surface area contributed by atoms with Gasteiger partial charge in [-0.1, -0.05) is 32.0 Å². The van der Waals surface area contributed by atoms with Crippen molar-refractivity contribution in [2.75, 3.05) is 5.75 Å². The summed E-state index contributed by atoms with van der Waals surface area (Å²) in [6.45, 7) is 9.32. The van der Waals surface area contributed by atoms with Gasteiger partial charge in [0.2, 0.25) is 11.8 Å². The Morgan fingerprint density at radius 3 is 2.57 bits per heavy atom. The van der Waals surface area contributed by atoms with Gasteiger partial charge in [0, 0.05) is 0 Å². The smallest absolute Gasteiger partial charge is 0.408 e. The fraction of sp³-hybridized carbons (Fsp3) is 0.714. The quantitative estimate of drug-likeness (QED) is 0.728. The number of rotatable bonds is 7. The summed E-state index contributed by atoms with van der Waals surface area (Å²) in [5.41, 5.74) is 4.48. The van der Waals surface area contributed by atoms with E-state index in [1.54, 1.807) is 20.8 Å². The maximum atomic E-state index is 12.0. The van der Waals surface area contributed by atoms with Gasteiger partial charge in [-0.05, 0) is 26.7 Å². The summed E-state index contributed by atoms with van der Waals surface area (Å²) in [5, 5.41) is 10.8. The fourth-order valence-electron chi connectivity index (χ4n) is 1.65. The summed E-state index contributed by atoms with van der Waals surface area (Å²) in [4.78, 5) is 22.8. The van der Waals surface area contributed by atoms with E-state index in [1.807, 2.05) is 13.8 Å². The van der Waals surface area contributed by atoms with Crippen molar-refractivity contribution in [1.29, 1.82) is 0 Å². The molecule has 8 nitrogen and oxygen atoms in total. The van der Waals surface area contributed by atoms with Crippen LogP contribution in [0, 0.1) is 5.92 Å². The van der Waals surface area contributed by atoms with Gasteiger partial charge in [0.25, 0.3) is 5.22 Å². The van der Waals surface area contributed by atoms with Crippen molar-refractivity contribution in [2.45, 2.75) is 57.9 Å². The minimum Gasteiger partial charge on any atom is -0.444 e. The molecule has 1 aromatic heterocycles. The summed E-state index contributed by atoms with van der Waals surface area (Å²) < 4.78 is 10.8. The van der Waals surface area contributed by atoms with E-state index in [0.29, 0.717) is 0 Å². The maximum absolute atomic E-state index is 12.0. The molecule has 0 aliphatic heterocycles. The van der Waals surface area contributed by atoms with E-state index >= 15 is 0 Å². The normalized spacial score (nSPS) is 14.1. The van der Waals surface area contributed by atoms with Crippen LogP contribution in [0.1, 0.15) is 53.0 Å². The van der Waals surface area contributed by atoms with Gasteiger partial charge in [0.1, 0.15) is 11.6 Å². The van der Waals surface area contributed by atoms with Crippen LogP contribution in [0.4, 0.5) is 4.79 Å². The number of carbonyl (C=O) groups excluding carboxylic acids is 2. The van der Waals surface area contributed by atoms with Crippen molar-refractivity contribution in [2.24, 2.45) is 11.7 Å². The molecule has 0 aliphatic rings. The van der Waals surface area contributed by atoms with Gasteiger partial charge in [-0.25, -0.2) is 4.79 Å². The standard InChI is InChI=1S/C14H24N4O4S/c1-6-8(2)10(16-12(20)22-14(3,4)5)11-17-18-13(21-11)23-7-9(15)19/h8,10H,6-7H2,1-5H3,(H2,15,19)(H,16,20). The summed E-state index contributed by atoms with van der Waals surface area (Å²) in [6.07, 6.45) is 0.249. The van der Waals surface area contributed by atoms with Gasteiger partial charge in [0.15, 0.2) is 0 Å². The highest BCUT2D eigenvalue weighted by Crippen LogP contribution is 2.26. The minimum absolute atomic E-state index is 0.0507. The third-order valence-electron chi connectivity index (χ3n) is 2.91. The lowest BCUT2D eigenvalue weighted by molar-refractivity contribution is -0.115. The molecule has 1 rings (SSSR count). The first-order chi connectivity index (χ1) is 10.6. The molecule has 2 amide bonds. The highest BCUT2D eigenvalue weighted by atomic mass is 32.2. The molecule has 1 heterocycles. The molecule has 0 aliphatic carbocycles. The van der Waals surface area contributed by atoms with E-state index in [0.717, 1.165) is 18.2 Å². The van der Waals surface area contributed by atoms with Gasteiger partial charge < -0.3 is 20.2 Å². The summed E-state index contributed by atoms with van der Waals surface area (Å²) in [7, 11) is 0. The van der Waals surface area contributed by atoms with E-state index in [4.69, 9.17) is 14.9 Å². The number of nitrogens with zero attached hydrogens (tertiary/aromatic N) is 2. The molecule has 23 heavy (non-hydrogen) atoms. The van der Waals surface area contributed by atoms with E-state index < -0.39 is 23.6 Å². The topological polar surface area (TPSA) is 120 Å². The van der Waals surface area contributed by atoms with Gasteiger partial charge in [0.05, 0.1) is 5.75 Å². The molecule has 0 saturated carbocycles. The predicted octanol–water partition coefficient (Wildman–Crippen LogP) is 2.26. The van der Waals surface area contributed by atoms with Crippen LogP contribution in [0.5, 0.6) is 0 Å². The Hall–Kier alpha value is -1.77. The molecule has 9 heteroatoms. The number of nitrogens with two attached hydrogens (primary N) is 1. The van der Waals surface area contributed by atoms with Crippen molar-refractivity contribution < 1.29 is 18.7 Å². The lowest BCUT2D eigenvalue weighted by Gasteiger charge is -2.24. The zero-order chi connectivity index (χ0) is 17.6. The fourth-order valence-corrected chi connectivity index (χ4v) is 2.16. The van der Waals surface area contributed by atoms with E-state index in [9.17, 15) is 9.59 Å². The summed E-state index contributed by atoms with van der Waals surface area (Å²) >= 11 is 1.06.